The Bertz CT molecular complexity index is 678. The fourth-order valence-electron chi connectivity index (χ4n) is 2.27. The van der Waals surface area contributed by atoms with Gasteiger partial charge in [-0.3, -0.25) is 5.32 Å². The smallest absolute Gasteiger partial charge is 0.321 e. The molecule has 0 saturated carbocycles. The topological polar surface area (TPSA) is 100 Å². The average Bonchev–Trinajstić information content (AvgIpc) is 3.04. The first-order valence-corrected chi connectivity index (χ1v) is 8.30. The van der Waals surface area contributed by atoms with Gasteiger partial charge in [-0.05, 0) is 33.3 Å². The predicted molar refractivity (Wildman–Crippen MR) is 88.7 cm³/mol. The summed E-state index contributed by atoms with van der Waals surface area (Å²) < 4.78 is 5.42. The SMILES string of the molecule is CCCc1nnc(NC(=O)NC[C@@](C)(O)c2cc(C)oc2C)s1. The lowest BCUT2D eigenvalue weighted by molar-refractivity contribution is 0.0584. The fourth-order valence-corrected chi connectivity index (χ4v) is 3.11. The van der Waals surface area contributed by atoms with E-state index in [4.69, 9.17) is 4.42 Å². The second kappa shape index (κ2) is 7.10. The zero-order valence-electron chi connectivity index (χ0n) is 13.8. The van der Waals surface area contributed by atoms with Crippen LogP contribution < -0.4 is 10.6 Å². The van der Waals surface area contributed by atoms with Gasteiger partial charge < -0.3 is 14.8 Å². The van der Waals surface area contributed by atoms with Gasteiger partial charge in [0.1, 0.15) is 22.1 Å². The molecule has 0 saturated heterocycles. The summed E-state index contributed by atoms with van der Waals surface area (Å²) >= 11 is 1.35. The molecule has 0 aliphatic heterocycles. The minimum absolute atomic E-state index is 0.0548. The molecule has 2 heterocycles. The van der Waals surface area contributed by atoms with E-state index < -0.39 is 11.6 Å². The van der Waals surface area contributed by atoms with Crippen molar-refractivity contribution in [2.24, 2.45) is 0 Å². The van der Waals surface area contributed by atoms with Gasteiger partial charge in [0.25, 0.3) is 0 Å². The molecule has 2 amide bonds. The third-order valence-electron chi connectivity index (χ3n) is 3.37. The maximum Gasteiger partial charge on any atom is 0.321 e. The first-order valence-electron chi connectivity index (χ1n) is 7.49. The van der Waals surface area contributed by atoms with Crippen molar-refractivity contribution in [2.45, 2.75) is 46.1 Å². The van der Waals surface area contributed by atoms with Gasteiger partial charge >= 0.3 is 6.03 Å². The van der Waals surface area contributed by atoms with E-state index in [1.165, 1.54) is 11.3 Å². The number of carbonyl (C=O) groups excluding carboxylic acids is 1. The molecule has 1 atom stereocenters. The Labute approximate surface area is 139 Å². The van der Waals surface area contributed by atoms with Gasteiger partial charge in [0.2, 0.25) is 5.13 Å². The maximum atomic E-state index is 11.9. The molecule has 2 aromatic rings. The number of carbonyl (C=O) groups is 1. The highest BCUT2D eigenvalue weighted by atomic mass is 32.1. The van der Waals surface area contributed by atoms with Crippen molar-refractivity contribution >= 4 is 22.5 Å². The minimum atomic E-state index is -1.21. The van der Waals surface area contributed by atoms with Crippen LogP contribution in [0.4, 0.5) is 9.93 Å². The van der Waals surface area contributed by atoms with Gasteiger partial charge in [-0.1, -0.05) is 18.3 Å². The lowest BCUT2D eigenvalue weighted by atomic mass is 9.96. The molecule has 2 rings (SSSR count). The zero-order valence-corrected chi connectivity index (χ0v) is 14.6. The molecule has 3 N–H and O–H groups in total. The molecular weight excluding hydrogens is 316 g/mol. The highest BCUT2D eigenvalue weighted by Crippen LogP contribution is 2.26. The van der Waals surface area contributed by atoms with E-state index in [9.17, 15) is 9.90 Å². The number of nitrogens with zero attached hydrogens (tertiary/aromatic N) is 2. The van der Waals surface area contributed by atoms with Crippen molar-refractivity contribution in [1.29, 1.82) is 0 Å². The molecule has 7 nitrogen and oxygen atoms in total. The number of aryl methyl sites for hydroxylation is 3. The van der Waals surface area contributed by atoms with E-state index in [1.54, 1.807) is 19.9 Å². The number of furan rings is 1. The number of anilines is 1. The molecule has 0 aliphatic carbocycles. The predicted octanol–water partition coefficient (Wildman–Crippen LogP) is 2.73. The van der Waals surface area contributed by atoms with Crippen LogP contribution in [-0.2, 0) is 12.0 Å². The van der Waals surface area contributed by atoms with Crippen LogP contribution >= 0.6 is 11.3 Å². The fraction of sp³-hybridized carbons (Fsp3) is 0.533. The second-order valence-corrected chi connectivity index (χ2v) is 6.72. The third-order valence-corrected chi connectivity index (χ3v) is 4.26. The van der Waals surface area contributed by atoms with Crippen molar-refractivity contribution in [3.63, 3.8) is 0 Å². The van der Waals surface area contributed by atoms with Crippen LogP contribution in [0.2, 0.25) is 0 Å². The Morgan fingerprint density at radius 3 is 2.78 bits per heavy atom. The van der Waals surface area contributed by atoms with Crippen LogP contribution in [0.1, 0.15) is 42.4 Å². The van der Waals surface area contributed by atoms with Crippen LogP contribution in [0.5, 0.6) is 0 Å². The number of amides is 2. The van der Waals surface area contributed by atoms with Gasteiger partial charge in [-0.25, -0.2) is 4.79 Å². The van der Waals surface area contributed by atoms with Crippen LogP contribution in [0.15, 0.2) is 10.5 Å². The van der Waals surface area contributed by atoms with Gasteiger partial charge in [-0.15, -0.1) is 10.2 Å². The molecule has 0 spiro atoms. The van der Waals surface area contributed by atoms with Crippen LogP contribution in [-0.4, -0.2) is 27.9 Å². The molecule has 23 heavy (non-hydrogen) atoms. The first-order chi connectivity index (χ1) is 10.8. The average molecular weight is 338 g/mol. The lowest BCUT2D eigenvalue weighted by Crippen LogP contribution is -2.40. The molecule has 0 fully saturated rings. The van der Waals surface area contributed by atoms with E-state index >= 15 is 0 Å². The number of hydrogen-bond acceptors (Lipinski definition) is 6. The summed E-state index contributed by atoms with van der Waals surface area (Å²) in [7, 11) is 0. The van der Waals surface area contributed by atoms with Crippen LogP contribution in [0, 0.1) is 13.8 Å². The third kappa shape index (κ3) is 4.52. The number of hydrogen-bond donors (Lipinski definition) is 3. The second-order valence-electron chi connectivity index (χ2n) is 5.66. The Morgan fingerprint density at radius 2 is 2.17 bits per heavy atom. The van der Waals surface area contributed by atoms with Crippen molar-refractivity contribution in [2.75, 3.05) is 11.9 Å². The Morgan fingerprint density at radius 1 is 1.43 bits per heavy atom. The summed E-state index contributed by atoms with van der Waals surface area (Å²) in [4.78, 5) is 11.9. The van der Waals surface area contributed by atoms with E-state index in [0.29, 0.717) is 16.5 Å². The molecule has 0 bridgehead atoms. The molecule has 2 aromatic heterocycles. The van der Waals surface area contributed by atoms with Crippen molar-refractivity contribution in [1.82, 2.24) is 15.5 Å². The van der Waals surface area contributed by atoms with Gasteiger partial charge in [-0.2, -0.15) is 0 Å². The molecule has 0 radical (unpaired) electrons. The van der Waals surface area contributed by atoms with E-state index in [0.717, 1.165) is 23.6 Å². The monoisotopic (exact) mass is 338 g/mol. The summed E-state index contributed by atoms with van der Waals surface area (Å²) in [5.41, 5.74) is -0.551. The number of aliphatic hydroxyl groups is 1. The van der Waals surface area contributed by atoms with Crippen molar-refractivity contribution < 1.29 is 14.3 Å². The molecule has 0 aliphatic rings. The molecule has 8 heteroatoms. The zero-order chi connectivity index (χ0) is 17.0. The summed E-state index contributed by atoms with van der Waals surface area (Å²) in [6, 6.07) is 1.35. The van der Waals surface area contributed by atoms with E-state index in [1.807, 2.05) is 6.92 Å². The van der Waals surface area contributed by atoms with Gasteiger partial charge in [0.15, 0.2) is 0 Å². The van der Waals surface area contributed by atoms with Gasteiger partial charge in [0.05, 0.1) is 6.54 Å². The first kappa shape index (κ1) is 17.4. The number of urea groups is 1. The quantitative estimate of drug-likeness (QED) is 0.752. The largest absolute Gasteiger partial charge is 0.466 e. The normalized spacial score (nSPS) is 13.6. The Balaban J connectivity index is 1.91. The minimum Gasteiger partial charge on any atom is -0.466 e. The van der Waals surface area contributed by atoms with Gasteiger partial charge in [0, 0.05) is 12.0 Å². The highest BCUT2D eigenvalue weighted by Gasteiger charge is 2.28. The summed E-state index contributed by atoms with van der Waals surface area (Å²) in [6.07, 6.45) is 1.82. The standard InChI is InChI=1S/C15H22N4O3S/c1-5-6-12-18-19-14(23-12)17-13(20)16-8-15(4,21)11-7-9(2)22-10(11)3/h7,21H,5-6,8H2,1-4H3,(H2,16,17,19,20)/t15-/m1/s1. The van der Waals surface area contributed by atoms with Crippen LogP contribution in [0.25, 0.3) is 0 Å². The van der Waals surface area contributed by atoms with Crippen molar-refractivity contribution in [3.8, 4) is 0 Å². The highest BCUT2D eigenvalue weighted by molar-refractivity contribution is 7.15. The summed E-state index contributed by atoms with van der Waals surface area (Å²) in [5, 5.41) is 25.1. The summed E-state index contributed by atoms with van der Waals surface area (Å²) in [6.45, 7) is 7.35. The van der Waals surface area contributed by atoms with Crippen molar-refractivity contribution in [3.05, 3.63) is 28.2 Å². The Kier molecular flexibility index (Phi) is 5.38. The van der Waals surface area contributed by atoms with Crippen LogP contribution in [0.3, 0.4) is 0 Å². The summed E-state index contributed by atoms with van der Waals surface area (Å²) in [5.74, 6) is 1.36. The molecule has 0 aromatic carbocycles. The number of rotatable bonds is 6. The maximum absolute atomic E-state index is 11.9. The number of aromatic nitrogens is 2. The molecule has 126 valence electrons. The number of nitrogens with one attached hydrogen (secondary N) is 2. The molecule has 0 unspecified atom stereocenters. The van der Waals surface area contributed by atoms with E-state index in [-0.39, 0.29) is 6.54 Å². The lowest BCUT2D eigenvalue weighted by Gasteiger charge is -2.23. The Hall–Kier alpha value is -1.93. The molecular formula is C15H22N4O3S. The van der Waals surface area contributed by atoms with E-state index in [2.05, 4.69) is 27.8 Å².